The van der Waals surface area contributed by atoms with Crippen LogP contribution in [-0.2, 0) is 30.4 Å². The van der Waals surface area contributed by atoms with Gasteiger partial charge in [0.15, 0.2) is 11.5 Å². The van der Waals surface area contributed by atoms with E-state index in [9.17, 15) is 34.2 Å². The molecule has 46 heavy (non-hydrogen) atoms. The Kier molecular flexibility index (Phi) is 15.9. The summed E-state index contributed by atoms with van der Waals surface area (Å²) in [5, 5.41) is 29.0. The van der Waals surface area contributed by atoms with Gasteiger partial charge in [-0.3, -0.25) is 19.2 Å². The fourth-order valence-corrected chi connectivity index (χ4v) is 9.82. The van der Waals surface area contributed by atoms with Crippen molar-refractivity contribution >= 4 is 121 Å². The van der Waals surface area contributed by atoms with E-state index in [4.69, 9.17) is 14.6 Å². The minimum absolute atomic E-state index is 0.103. The van der Waals surface area contributed by atoms with Crippen molar-refractivity contribution in [1.29, 1.82) is 0 Å². The van der Waals surface area contributed by atoms with Gasteiger partial charge in [-0.2, -0.15) is 0 Å². The topological polar surface area (TPSA) is 164 Å². The molecular formula is C32H36I4O10. The van der Waals surface area contributed by atoms with E-state index in [0.29, 0.717) is 36.2 Å². The van der Waals surface area contributed by atoms with Crippen LogP contribution in [0.25, 0.3) is 0 Å². The summed E-state index contributed by atoms with van der Waals surface area (Å²) in [6, 6.07) is 6.92. The van der Waals surface area contributed by atoms with Crippen molar-refractivity contribution in [2.45, 2.75) is 48.0 Å². The SMILES string of the molecule is CC(C)C(C(=O)O)C(C)C(C(=O)O)C(C)C(C=O)C(C)C(C)C(=O)Oc1c(I)cc(Oc2c(I)cc(CC(=O)O)cc2I)cc1I. The number of hydrogen-bond acceptors (Lipinski definition) is 7. The molecule has 14 heteroatoms. The highest BCUT2D eigenvalue weighted by atomic mass is 127. The van der Waals surface area contributed by atoms with Crippen LogP contribution >= 0.6 is 90.4 Å². The van der Waals surface area contributed by atoms with Gasteiger partial charge in [-0.1, -0.05) is 41.5 Å². The number of carbonyl (C=O) groups is 5. The Morgan fingerprint density at radius 2 is 1.20 bits per heavy atom. The largest absolute Gasteiger partial charge is 0.481 e. The van der Waals surface area contributed by atoms with E-state index < -0.39 is 65.3 Å². The number of aldehydes is 1. The maximum atomic E-state index is 13.4. The number of halogens is 4. The van der Waals surface area contributed by atoms with Gasteiger partial charge in [-0.05, 0) is 144 Å². The van der Waals surface area contributed by atoms with E-state index in [1.54, 1.807) is 65.8 Å². The minimum Gasteiger partial charge on any atom is -0.481 e. The van der Waals surface area contributed by atoms with Crippen molar-refractivity contribution < 1.29 is 48.8 Å². The third kappa shape index (κ3) is 10.4. The second-order valence-corrected chi connectivity index (χ2v) is 16.4. The Bertz CT molecular complexity index is 1430. The first-order chi connectivity index (χ1) is 21.3. The normalized spacial score (nSPS) is 16.0. The number of rotatable bonds is 16. The van der Waals surface area contributed by atoms with Crippen LogP contribution in [0, 0.1) is 61.6 Å². The number of benzene rings is 2. The first-order valence-corrected chi connectivity index (χ1v) is 18.6. The molecule has 0 bridgehead atoms. The fourth-order valence-electron chi connectivity index (χ4n) is 5.77. The molecule has 0 aliphatic carbocycles. The summed E-state index contributed by atoms with van der Waals surface area (Å²) in [7, 11) is 0. The van der Waals surface area contributed by atoms with Gasteiger partial charge in [0.2, 0.25) is 0 Å². The van der Waals surface area contributed by atoms with Crippen LogP contribution in [0.15, 0.2) is 24.3 Å². The van der Waals surface area contributed by atoms with Gasteiger partial charge in [0.05, 0.1) is 38.5 Å². The third-order valence-electron chi connectivity index (χ3n) is 8.33. The Balaban J connectivity index is 2.28. The molecule has 0 radical (unpaired) electrons. The fraction of sp³-hybridized carbons (Fsp3) is 0.469. The molecule has 10 nitrogen and oxygen atoms in total. The van der Waals surface area contributed by atoms with Crippen molar-refractivity contribution in [3.8, 4) is 17.2 Å². The lowest BCUT2D eigenvalue weighted by molar-refractivity contribution is -0.154. The summed E-state index contributed by atoms with van der Waals surface area (Å²) in [5.74, 6) is -8.57. The van der Waals surface area contributed by atoms with E-state index in [2.05, 4.69) is 45.2 Å². The molecule has 0 fully saturated rings. The van der Waals surface area contributed by atoms with Gasteiger partial charge in [-0.25, -0.2) is 0 Å². The highest BCUT2D eigenvalue weighted by Crippen LogP contribution is 2.40. The summed E-state index contributed by atoms with van der Waals surface area (Å²) in [4.78, 5) is 61.2. The summed E-state index contributed by atoms with van der Waals surface area (Å²) < 4.78 is 14.6. The molecule has 0 saturated carbocycles. The van der Waals surface area contributed by atoms with Crippen molar-refractivity contribution in [3.05, 3.63) is 44.1 Å². The maximum absolute atomic E-state index is 13.4. The van der Waals surface area contributed by atoms with Gasteiger partial charge in [0.1, 0.15) is 12.0 Å². The predicted octanol–water partition coefficient (Wildman–Crippen LogP) is 7.85. The lowest BCUT2D eigenvalue weighted by Crippen LogP contribution is -2.43. The number of ether oxygens (including phenoxy) is 2. The zero-order valence-electron chi connectivity index (χ0n) is 25.9. The second kappa shape index (κ2) is 17.9. The van der Waals surface area contributed by atoms with E-state index >= 15 is 0 Å². The molecule has 0 aliphatic rings. The number of carboxylic acid groups (broad SMARTS) is 3. The summed E-state index contributed by atoms with van der Waals surface area (Å²) in [6.07, 6.45) is 0.553. The van der Waals surface area contributed by atoms with Crippen LogP contribution in [0.2, 0.25) is 0 Å². The molecular weight excluding hydrogens is 1050 g/mol. The molecule has 2 aromatic carbocycles. The first-order valence-electron chi connectivity index (χ1n) is 14.3. The quantitative estimate of drug-likeness (QED) is 0.0653. The molecule has 0 aromatic heterocycles. The third-order valence-corrected chi connectivity index (χ3v) is 11.5. The maximum Gasteiger partial charge on any atom is 0.314 e. The lowest BCUT2D eigenvalue weighted by Gasteiger charge is -2.36. The Hall–Kier alpha value is -1.29. The minimum atomic E-state index is -1.19. The zero-order chi connectivity index (χ0) is 35.2. The van der Waals surface area contributed by atoms with Gasteiger partial charge >= 0.3 is 23.9 Å². The predicted molar refractivity (Wildman–Crippen MR) is 204 cm³/mol. The Morgan fingerprint density at radius 1 is 0.717 bits per heavy atom. The average molecular weight is 1090 g/mol. The molecule has 252 valence electrons. The number of aliphatic carboxylic acids is 3. The molecule has 0 saturated heterocycles. The Labute approximate surface area is 322 Å². The van der Waals surface area contributed by atoms with Gasteiger partial charge in [0.25, 0.3) is 0 Å². The van der Waals surface area contributed by atoms with Gasteiger partial charge in [-0.15, -0.1) is 0 Å². The van der Waals surface area contributed by atoms with Crippen LogP contribution in [0.5, 0.6) is 17.2 Å². The Morgan fingerprint density at radius 3 is 1.61 bits per heavy atom. The van der Waals surface area contributed by atoms with E-state index in [1.807, 2.05) is 45.2 Å². The van der Waals surface area contributed by atoms with Gasteiger partial charge in [0, 0.05) is 5.92 Å². The highest BCUT2D eigenvalue weighted by molar-refractivity contribution is 14.1. The monoisotopic (exact) mass is 1090 g/mol. The smallest absolute Gasteiger partial charge is 0.314 e. The number of esters is 1. The molecule has 7 unspecified atom stereocenters. The van der Waals surface area contributed by atoms with E-state index in [0.717, 1.165) is 7.14 Å². The average Bonchev–Trinajstić information content (AvgIpc) is 2.91. The number of carbonyl (C=O) groups excluding carboxylic acids is 2. The lowest BCUT2D eigenvalue weighted by atomic mass is 9.66. The second-order valence-electron chi connectivity index (χ2n) is 11.7. The summed E-state index contributed by atoms with van der Waals surface area (Å²) >= 11 is 8.25. The summed E-state index contributed by atoms with van der Waals surface area (Å²) in [5.41, 5.74) is 0.655. The summed E-state index contributed by atoms with van der Waals surface area (Å²) in [6.45, 7) is 9.97. The molecule has 2 aromatic rings. The van der Waals surface area contributed by atoms with Gasteiger partial charge < -0.3 is 29.6 Å². The van der Waals surface area contributed by atoms with Crippen LogP contribution in [-0.4, -0.2) is 45.5 Å². The van der Waals surface area contributed by atoms with Crippen molar-refractivity contribution in [3.63, 3.8) is 0 Å². The molecule has 0 amide bonds. The van der Waals surface area contributed by atoms with Crippen LogP contribution < -0.4 is 9.47 Å². The standard InChI is InChI=1S/C32H36I4O10/c1-13(2)26(30(40)41)17(6)27(31(42)43)16(5)20(12-37)14(3)15(4)32(44)46-29-23(35)10-19(11-24(29)36)45-28-21(33)7-18(8-22(28)34)9-25(38)39/h7-8,10-17,20,26-27H,9H2,1-6H3,(H,38,39)(H,40,41)(H,42,43). The van der Waals surface area contributed by atoms with Crippen LogP contribution in [0.4, 0.5) is 0 Å². The van der Waals surface area contributed by atoms with E-state index in [1.165, 1.54) is 0 Å². The molecule has 0 aliphatic heterocycles. The van der Waals surface area contributed by atoms with Crippen molar-refractivity contribution in [2.24, 2.45) is 47.3 Å². The van der Waals surface area contributed by atoms with Crippen LogP contribution in [0.1, 0.15) is 47.1 Å². The number of hydrogen-bond donors (Lipinski definition) is 3. The van der Waals surface area contributed by atoms with Crippen molar-refractivity contribution in [1.82, 2.24) is 0 Å². The first kappa shape index (κ1) is 40.9. The molecule has 2 rings (SSSR count). The van der Waals surface area contributed by atoms with Crippen molar-refractivity contribution in [2.75, 3.05) is 0 Å². The van der Waals surface area contributed by atoms with E-state index in [-0.39, 0.29) is 12.3 Å². The number of carboxylic acids is 3. The molecule has 0 heterocycles. The van der Waals surface area contributed by atoms with Crippen LogP contribution in [0.3, 0.4) is 0 Å². The molecule has 7 atom stereocenters. The highest BCUT2D eigenvalue weighted by Gasteiger charge is 2.44. The zero-order valence-corrected chi connectivity index (χ0v) is 34.6. The molecule has 0 spiro atoms. The molecule has 3 N–H and O–H groups in total.